The third kappa shape index (κ3) is 1.63. The molecule has 0 amide bonds. The fraction of sp³-hybridized carbons (Fsp3) is 0.556. The zero-order valence-corrected chi connectivity index (χ0v) is 7.06. The first kappa shape index (κ1) is 8.34. The van der Waals surface area contributed by atoms with Gasteiger partial charge in [0.15, 0.2) is 0 Å². The fourth-order valence-corrected chi connectivity index (χ4v) is 1.48. The summed E-state index contributed by atoms with van der Waals surface area (Å²) in [5, 5.41) is 0. The predicted octanol–water partition coefficient (Wildman–Crippen LogP) is 1.29. The Balaban J connectivity index is 2.85. The standard InChI is InChI=1S/C9H16N2/c1-6(2)9(11)7-4-3-5-8(7)10/h8H,1,3-5,10-11H2,2H3/b9-7+. The summed E-state index contributed by atoms with van der Waals surface area (Å²) < 4.78 is 0. The highest BCUT2D eigenvalue weighted by atomic mass is 14.7. The average molecular weight is 152 g/mol. The van der Waals surface area contributed by atoms with E-state index in [-0.39, 0.29) is 6.04 Å². The van der Waals surface area contributed by atoms with Gasteiger partial charge in [-0.05, 0) is 37.3 Å². The molecule has 1 saturated carbocycles. The van der Waals surface area contributed by atoms with Gasteiger partial charge < -0.3 is 11.5 Å². The molecule has 4 N–H and O–H groups in total. The summed E-state index contributed by atoms with van der Waals surface area (Å²) in [6.07, 6.45) is 3.30. The van der Waals surface area contributed by atoms with Crippen LogP contribution < -0.4 is 11.5 Å². The van der Waals surface area contributed by atoms with Crippen LogP contribution in [0.5, 0.6) is 0 Å². The van der Waals surface area contributed by atoms with E-state index >= 15 is 0 Å². The maximum Gasteiger partial charge on any atom is 0.0345 e. The van der Waals surface area contributed by atoms with Crippen molar-refractivity contribution in [2.75, 3.05) is 0 Å². The normalized spacial score (nSPS) is 28.7. The maximum atomic E-state index is 5.84. The summed E-state index contributed by atoms with van der Waals surface area (Å²) in [5.74, 6) is 0. The quantitative estimate of drug-likeness (QED) is 0.594. The molecule has 62 valence electrons. The first-order chi connectivity index (χ1) is 5.13. The number of rotatable bonds is 1. The lowest BCUT2D eigenvalue weighted by molar-refractivity contribution is 0.770. The SMILES string of the molecule is C=C(C)/C(N)=C1/CCCC1N. The lowest BCUT2D eigenvalue weighted by Crippen LogP contribution is -2.20. The van der Waals surface area contributed by atoms with Gasteiger partial charge in [0.25, 0.3) is 0 Å². The fourth-order valence-electron chi connectivity index (χ4n) is 1.48. The van der Waals surface area contributed by atoms with Crippen molar-refractivity contribution in [1.82, 2.24) is 0 Å². The van der Waals surface area contributed by atoms with Crippen LogP contribution in [0.4, 0.5) is 0 Å². The zero-order valence-electron chi connectivity index (χ0n) is 7.06. The molecule has 0 saturated heterocycles. The highest BCUT2D eigenvalue weighted by Crippen LogP contribution is 2.26. The Kier molecular flexibility index (Phi) is 2.35. The van der Waals surface area contributed by atoms with Gasteiger partial charge >= 0.3 is 0 Å². The topological polar surface area (TPSA) is 52.0 Å². The number of hydrogen-bond acceptors (Lipinski definition) is 2. The third-order valence-corrected chi connectivity index (χ3v) is 2.21. The van der Waals surface area contributed by atoms with Crippen LogP contribution in [0.25, 0.3) is 0 Å². The Labute approximate surface area is 68.0 Å². The Morgan fingerprint density at radius 3 is 2.64 bits per heavy atom. The monoisotopic (exact) mass is 152 g/mol. The summed E-state index contributed by atoms with van der Waals surface area (Å²) >= 11 is 0. The zero-order chi connectivity index (χ0) is 8.43. The Morgan fingerprint density at radius 2 is 2.27 bits per heavy atom. The van der Waals surface area contributed by atoms with Crippen molar-refractivity contribution in [3.05, 3.63) is 23.4 Å². The van der Waals surface area contributed by atoms with Gasteiger partial charge in [-0.1, -0.05) is 6.58 Å². The van der Waals surface area contributed by atoms with Crippen LogP contribution >= 0.6 is 0 Å². The van der Waals surface area contributed by atoms with E-state index in [0.717, 1.165) is 24.1 Å². The van der Waals surface area contributed by atoms with Crippen LogP contribution in [-0.2, 0) is 0 Å². The van der Waals surface area contributed by atoms with Crippen molar-refractivity contribution in [2.45, 2.75) is 32.2 Å². The van der Waals surface area contributed by atoms with Crippen molar-refractivity contribution >= 4 is 0 Å². The summed E-state index contributed by atoms with van der Waals surface area (Å²) in [6.45, 7) is 5.72. The molecule has 0 aromatic heterocycles. The minimum Gasteiger partial charge on any atom is -0.399 e. The van der Waals surface area contributed by atoms with Gasteiger partial charge in [-0.15, -0.1) is 0 Å². The molecule has 0 spiro atoms. The Morgan fingerprint density at radius 1 is 1.64 bits per heavy atom. The van der Waals surface area contributed by atoms with Crippen molar-refractivity contribution in [2.24, 2.45) is 11.5 Å². The van der Waals surface area contributed by atoms with E-state index in [1.54, 1.807) is 0 Å². The third-order valence-electron chi connectivity index (χ3n) is 2.21. The number of nitrogens with two attached hydrogens (primary N) is 2. The first-order valence-corrected chi connectivity index (χ1v) is 4.03. The molecule has 1 rings (SSSR count). The molecule has 2 nitrogen and oxygen atoms in total. The molecule has 1 aliphatic carbocycles. The number of hydrogen-bond donors (Lipinski definition) is 2. The second-order valence-corrected chi connectivity index (χ2v) is 3.22. The molecule has 1 unspecified atom stereocenters. The van der Waals surface area contributed by atoms with Gasteiger partial charge in [-0.25, -0.2) is 0 Å². The van der Waals surface area contributed by atoms with E-state index in [1.165, 1.54) is 12.0 Å². The van der Waals surface area contributed by atoms with Crippen molar-refractivity contribution in [3.8, 4) is 0 Å². The second kappa shape index (κ2) is 3.09. The second-order valence-electron chi connectivity index (χ2n) is 3.22. The molecule has 1 atom stereocenters. The van der Waals surface area contributed by atoms with E-state index in [0.29, 0.717) is 0 Å². The lowest BCUT2D eigenvalue weighted by atomic mass is 10.1. The Bertz CT molecular complexity index is 204. The van der Waals surface area contributed by atoms with E-state index in [2.05, 4.69) is 6.58 Å². The molecule has 0 radical (unpaired) electrons. The van der Waals surface area contributed by atoms with Gasteiger partial charge in [-0.2, -0.15) is 0 Å². The van der Waals surface area contributed by atoms with Gasteiger partial charge in [0.1, 0.15) is 0 Å². The van der Waals surface area contributed by atoms with Crippen LogP contribution in [0.1, 0.15) is 26.2 Å². The molecule has 0 aliphatic heterocycles. The predicted molar refractivity (Wildman–Crippen MR) is 47.9 cm³/mol. The van der Waals surface area contributed by atoms with E-state index in [9.17, 15) is 0 Å². The molecule has 0 heterocycles. The molecule has 0 aromatic rings. The van der Waals surface area contributed by atoms with Crippen LogP contribution in [0, 0.1) is 0 Å². The summed E-state index contributed by atoms with van der Waals surface area (Å²) in [7, 11) is 0. The lowest BCUT2D eigenvalue weighted by Gasteiger charge is -2.09. The van der Waals surface area contributed by atoms with Crippen molar-refractivity contribution in [1.29, 1.82) is 0 Å². The molecular weight excluding hydrogens is 136 g/mol. The Hall–Kier alpha value is -0.760. The van der Waals surface area contributed by atoms with Crippen LogP contribution in [0.2, 0.25) is 0 Å². The molecule has 0 bridgehead atoms. The van der Waals surface area contributed by atoms with Crippen molar-refractivity contribution in [3.63, 3.8) is 0 Å². The summed E-state index contributed by atoms with van der Waals surface area (Å²) in [4.78, 5) is 0. The van der Waals surface area contributed by atoms with Crippen LogP contribution in [-0.4, -0.2) is 6.04 Å². The molecule has 2 heteroatoms. The van der Waals surface area contributed by atoms with Gasteiger partial charge in [-0.3, -0.25) is 0 Å². The minimum absolute atomic E-state index is 0.187. The highest BCUT2D eigenvalue weighted by Gasteiger charge is 2.19. The number of allylic oxidation sites excluding steroid dienone is 1. The van der Waals surface area contributed by atoms with Gasteiger partial charge in [0.05, 0.1) is 0 Å². The first-order valence-electron chi connectivity index (χ1n) is 4.03. The molecule has 1 aliphatic rings. The van der Waals surface area contributed by atoms with Gasteiger partial charge in [0.2, 0.25) is 0 Å². The van der Waals surface area contributed by atoms with Crippen LogP contribution in [0.15, 0.2) is 23.4 Å². The summed E-state index contributed by atoms with van der Waals surface area (Å²) in [5.41, 5.74) is 14.6. The molecule has 11 heavy (non-hydrogen) atoms. The van der Waals surface area contributed by atoms with E-state index in [4.69, 9.17) is 11.5 Å². The van der Waals surface area contributed by atoms with E-state index < -0.39 is 0 Å². The molecule has 1 fully saturated rings. The van der Waals surface area contributed by atoms with Gasteiger partial charge in [0, 0.05) is 11.7 Å². The van der Waals surface area contributed by atoms with Crippen LogP contribution in [0.3, 0.4) is 0 Å². The molecule has 0 aromatic carbocycles. The maximum absolute atomic E-state index is 5.84. The van der Waals surface area contributed by atoms with E-state index in [1.807, 2.05) is 6.92 Å². The largest absolute Gasteiger partial charge is 0.399 e. The average Bonchev–Trinajstić information content (AvgIpc) is 2.33. The van der Waals surface area contributed by atoms with Crippen molar-refractivity contribution < 1.29 is 0 Å². The smallest absolute Gasteiger partial charge is 0.0345 e. The molecular formula is C9H16N2. The minimum atomic E-state index is 0.187. The highest BCUT2D eigenvalue weighted by molar-refractivity contribution is 5.33. The summed E-state index contributed by atoms with van der Waals surface area (Å²) in [6, 6.07) is 0.187.